The summed E-state index contributed by atoms with van der Waals surface area (Å²) in [5.74, 6) is 1.58. The number of benzene rings is 3. The fourth-order valence-corrected chi connectivity index (χ4v) is 4.97. The van der Waals surface area contributed by atoms with Gasteiger partial charge in [-0.3, -0.25) is 4.90 Å². The van der Waals surface area contributed by atoms with Crippen LogP contribution in [0.25, 0.3) is 17.1 Å². The zero-order valence-corrected chi connectivity index (χ0v) is 21.4. The number of aromatic nitrogens is 3. The Morgan fingerprint density at radius 1 is 0.972 bits per heavy atom. The van der Waals surface area contributed by atoms with Gasteiger partial charge in [0.1, 0.15) is 6.33 Å². The predicted octanol–water partition coefficient (Wildman–Crippen LogP) is 6.52. The highest BCUT2D eigenvalue weighted by Gasteiger charge is 2.24. The second-order valence-electron chi connectivity index (χ2n) is 8.84. The number of hydrogen-bond acceptors (Lipinski definition) is 5. The van der Waals surface area contributed by atoms with Gasteiger partial charge in [-0.15, -0.1) is 5.10 Å². The van der Waals surface area contributed by atoms with Crippen molar-refractivity contribution < 1.29 is 4.79 Å². The Labute approximate surface area is 215 Å². The summed E-state index contributed by atoms with van der Waals surface area (Å²) in [5, 5.41) is 8.35. The molecule has 0 saturated carbocycles. The second-order valence-corrected chi connectivity index (χ2v) is 9.91. The minimum absolute atomic E-state index is 0.179. The third-order valence-electron chi connectivity index (χ3n) is 6.06. The van der Waals surface area contributed by atoms with Gasteiger partial charge in [0.05, 0.1) is 11.4 Å². The van der Waals surface area contributed by atoms with Crippen LogP contribution in [0.1, 0.15) is 23.1 Å². The number of carbonyl (C=O) groups excluding carboxylic acids is 1. The van der Waals surface area contributed by atoms with E-state index in [0.717, 1.165) is 45.4 Å². The molecule has 3 aromatic carbocycles. The number of carbonyl (C=O) groups is 1. The first kappa shape index (κ1) is 23.8. The molecule has 2 heterocycles. The van der Waals surface area contributed by atoms with E-state index in [9.17, 15) is 4.79 Å². The van der Waals surface area contributed by atoms with Gasteiger partial charge in [-0.25, -0.2) is 19.5 Å². The second kappa shape index (κ2) is 10.4. The van der Waals surface area contributed by atoms with Gasteiger partial charge >= 0.3 is 6.03 Å². The first-order valence-corrected chi connectivity index (χ1v) is 12.9. The molecule has 2 amide bonds. The molecule has 1 fully saturated rings. The van der Waals surface area contributed by atoms with Crippen molar-refractivity contribution in [1.29, 1.82) is 0 Å². The number of amides is 2. The van der Waals surface area contributed by atoms with E-state index in [-0.39, 0.29) is 6.03 Å². The third kappa shape index (κ3) is 5.18. The summed E-state index contributed by atoms with van der Waals surface area (Å²) in [6, 6.07) is 21.7. The first-order valence-electron chi connectivity index (χ1n) is 11.9. The quantitative estimate of drug-likeness (QED) is 0.349. The minimum atomic E-state index is -0.179. The van der Waals surface area contributed by atoms with E-state index in [4.69, 9.17) is 4.99 Å². The number of nitrogens with zero attached hydrogens (tertiary/aromatic N) is 5. The van der Waals surface area contributed by atoms with E-state index < -0.39 is 0 Å². The molecule has 1 saturated heterocycles. The smallest absolute Gasteiger partial charge is 0.307 e. The summed E-state index contributed by atoms with van der Waals surface area (Å²) in [6.07, 6.45) is 2.64. The molecule has 8 heteroatoms. The van der Waals surface area contributed by atoms with E-state index in [1.165, 1.54) is 5.56 Å². The number of rotatable bonds is 4. The Hall–Kier alpha value is -3.91. The lowest BCUT2D eigenvalue weighted by Gasteiger charge is -2.28. The van der Waals surface area contributed by atoms with E-state index in [2.05, 4.69) is 22.3 Å². The summed E-state index contributed by atoms with van der Waals surface area (Å²) in [4.78, 5) is 24.2. The molecule has 5 rings (SSSR count). The number of aryl methyl sites for hydroxylation is 3. The lowest BCUT2D eigenvalue weighted by Crippen LogP contribution is -2.41. The number of nitrogens with one attached hydrogen (secondary N) is 1. The van der Waals surface area contributed by atoms with Crippen LogP contribution in [-0.4, -0.2) is 43.2 Å². The lowest BCUT2D eigenvalue weighted by molar-refractivity contribution is 0.234. The van der Waals surface area contributed by atoms with Crippen LogP contribution in [0.3, 0.4) is 0 Å². The number of thioether (sulfide) groups is 1. The summed E-state index contributed by atoms with van der Waals surface area (Å²) in [6.45, 7) is 6.79. The van der Waals surface area contributed by atoms with E-state index in [1.54, 1.807) is 27.7 Å². The highest BCUT2D eigenvalue weighted by Crippen LogP contribution is 2.28. The molecule has 1 aliphatic heterocycles. The minimum Gasteiger partial charge on any atom is -0.307 e. The molecular weight excluding hydrogens is 468 g/mol. The standard InChI is InChI=1S/C28H28N6OS/c1-19-8-14-24(15-9-19)34-18-29-26(32-34)22-10-12-23(13-11-22)30-27(35)33-16-5-17-36-28(33)31-25-20(2)6-4-7-21(25)3/h4,6-15,18H,5,16-17H2,1-3H3,(H,30,35). The van der Waals surface area contributed by atoms with Crippen LogP contribution in [0.5, 0.6) is 0 Å². The van der Waals surface area contributed by atoms with Crippen molar-refractivity contribution in [3.8, 4) is 17.1 Å². The average Bonchev–Trinajstić information content (AvgIpc) is 3.38. The van der Waals surface area contributed by atoms with Gasteiger partial charge in [0.25, 0.3) is 0 Å². The van der Waals surface area contributed by atoms with Crippen LogP contribution in [0.4, 0.5) is 16.2 Å². The molecule has 0 aliphatic carbocycles. The average molecular weight is 497 g/mol. The molecule has 0 atom stereocenters. The Morgan fingerprint density at radius 2 is 1.69 bits per heavy atom. The Kier molecular flexibility index (Phi) is 6.86. The number of amidine groups is 1. The molecule has 7 nitrogen and oxygen atoms in total. The number of urea groups is 1. The normalized spacial score (nSPS) is 14.8. The largest absolute Gasteiger partial charge is 0.327 e. The van der Waals surface area contributed by atoms with Crippen LogP contribution in [0.15, 0.2) is 78.0 Å². The Balaban J connectivity index is 1.30. The van der Waals surface area contributed by atoms with Crippen molar-refractivity contribution in [2.45, 2.75) is 27.2 Å². The number of aliphatic imine (C=N–C) groups is 1. The molecular formula is C28H28N6OS. The zero-order chi connectivity index (χ0) is 25.1. The van der Waals surface area contributed by atoms with Gasteiger partial charge in [0, 0.05) is 23.5 Å². The van der Waals surface area contributed by atoms with Crippen molar-refractivity contribution >= 4 is 34.3 Å². The summed E-state index contributed by atoms with van der Waals surface area (Å²) in [5.41, 5.74) is 6.88. The molecule has 1 aliphatic rings. The molecule has 1 N–H and O–H groups in total. The summed E-state index contributed by atoms with van der Waals surface area (Å²) < 4.78 is 1.76. The van der Waals surface area contributed by atoms with Gasteiger partial charge < -0.3 is 5.32 Å². The van der Waals surface area contributed by atoms with Crippen LogP contribution in [0, 0.1) is 20.8 Å². The Bertz CT molecular complexity index is 1390. The van der Waals surface area contributed by atoms with Crippen LogP contribution in [0.2, 0.25) is 0 Å². The summed E-state index contributed by atoms with van der Waals surface area (Å²) in [7, 11) is 0. The van der Waals surface area contributed by atoms with Crippen molar-refractivity contribution in [1.82, 2.24) is 19.7 Å². The number of anilines is 1. The summed E-state index contributed by atoms with van der Waals surface area (Å²) >= 11 is 1.62. The number of para-hydroxylation sites is 1. The fraction of sp³-hybridized carbons (Fsp3) is 0.214. The van der Waals surface area contributed by atoms with Crippen LogP contribution in [-0.2, 0) is 0 Å². The van der Waals surface area contributed by atoms with Gasteiger partial charge in [-0.1, -0.05) is 47.7 Å². The first-order chi connectivity index (χ1) is 17.5. The van der Waals surface area contributed by atoms with Crippen LogP contribution >= 0.6 is 11.8 Å². The maximum absolute atomic E-state index is 13.2. The molecule has 4 aromatic rings. The molecule has 1 aromatic heterocycles. The molecule has 182 valence electrons. The zero-order valence-electron chi connectivity index (χ0n) is 20.6. The monoisotopic (exact) mass is 496 g/mol. The predicted molar refractivity (Wildman–Crippen MR) is 147 cm³/mol. The number of hydrogen-bond donors (Lipinski definition) is 1. The molecule has 0 bridgehead atoms. The Morgan fingerprint density at radius 3 is 2.42 bits per heavy atom. The van der Waals surface area contributed by atoms with Gasteiger partial charge in [-0.2, -0.15) is 0 Å². The topological polar surface area (TPSA) is 75.4 Å². The van der Waals surface area contributed by atoms with Crippen LogP contribution < -0.4 is 5.32 Å². The van der Waals surface area contributed by atoms with E-state index in [1.807, 2.05) is 80.6 Å². The van der Waals surface area contributed by atoms with Gasteiger partial charge in [0.15, 0.2) is 11.0 Å². The van der Waals surface area contributed by atoms with Crippen molar-refractivity contribution in [3.63, 3.8) is 0 Å². The molecule has 0 spiro atoms. The van der Waals surface area contributed by atoms with Gasteiger partial charge in [-0.05, 0) is 74.7 Å². The highest BCUT2D eigenvalue weighted by molar-refractivity contribution is 8.13. The maximum Gasteiger partial charge on any atom is 0.327 e. The SMILES string of the molecule is Cc1ccc(-n2cnc(-c3ccc(NC(=O)N4CCCSC4=Nc4c(C)cccc4C)cc3)n2)cc1. The van der Waals surface area contributed by atoms with Gasteiger partial charge in [0.2, 0.25) is 0 Å². The van der Waals surface area contributed by atoms with Crippen molar-refractivity contribution in [3.05, 3.63) is 89.7 Å². The molecule has 36 heavy (non-hydrogen) atoms. The third-order valence-corrected chi connectivity index (χ3v) is 7.13. The maximum atomic E-state index is 13.2. The lowest BCUT2D eigenvalue weighted by atomic mass is 10.1. The molecule has 0 unspecified atom stereocenters. The molecule has 0 radical (unpaired) electrons. The van der Waals surface area contributed by atoms with E-state index >= 15 is 0 Å². The van der Waals surface area contributed by atoms with E-state index in [0.29, 0.717) is 18.1 Å². The van der Waals surface area contributed by atoms with Crippen molar-refractivity contribution in [2.75, 3.05) is 17.6 Å². The highest BCUT2D eigenvalue weighted by atomic mass is 32.2. The van der Waals surface area contributed by atoms with Crippen molar-refractivity contribution in [2.24, 2.45) is 4.99 Å². The fourth-order valence-electron chi connectivity index (χ4n) is 4.03.